The summed E-state index contributed by atoms with van der Waals surface area (Å²) in [6, 6.07) is 3.96. The molecular weight excluding hydrogens is 356 g/mol. The van der Waals surface area contributed by atoms with E-state index >= 15 is 0 Å². The number of phenols is 2. The van der Waals surface area contributed by atoms with Crippen molar-refractivity contribution in [2.75, 3.05) is 0 Å². The smallest absolute Gasteiger partial charge is 0.123 e. The van der Waals surface area contributed by atoms with Crippen LogP contribution in [0, 0.1) is 5.92 Å². The van der Waals surface area contributed by atoms with Crippen molar-refractivity contribution in [3.8, 4) is 11.5 Å². The first-order valence-corrected chi connectivity index (χ1v) is 11.8. The summed E-state index contributed by atoms with van der Waals surface area (Å²) in [5.41, 5.74) is 4.43. The van der Waals surface area contributed by atoms with Crippen molar-refractivity contribution in [1.82, 2.24) is 0 Å². The number of rotatable bonds is 8. The van der Waals surface area contributed by atoms with Gasteiger partial charge in [-0.25, -0.2) is 0 Å². The van der Waals surface area contributed by atoms with E-state index in [2.05, 4.69) is 33.4 Å². The SMILES string of the molecule is C=C(C)[C@@H]1CCC(C)=CC1c1c(O)cc(C2(CCCCCC)CCCC2)cc1O. The van der Waals surface area contributed by atoms with Crippen molar-refractivity contribution in [2.45, 2.75) is 103 Å². The molecule has 0 saturated heterocycles. The lowest BCUT2D eigenvalue weighted by Crippen LogP contribution is -2.23. The molecule has 1 aromatic carbocycles. The maximum Gasteiger partial charge on any atom is 0.123 e. The fourth-order valence-corrected chi connectivity index (χ4v) is 5.80. The van der Waals surface area contributed by atoms with Crippen molar-refractivity contribution in [1.29, 1.82) is 0 Å². The monoisotopic (exact) mass is 396 g/mol. The van der Waals surface area contributed by atoms with Crippen LogP contribution in [0.1, 0.15) is 108 Å². The van der Waals surface area contributed by atoms with Crippen LogP contribution in [0.15, 0.2) is 35.9 Å². The quantitative estimate of drug-likeness (QED) is 0.346. The van der Waals surface area contributed by atoms with Gasteiger partial charge in [-0.15, -0.1) is 0 Å². The Kier molecular flexibility index (Phi) is 7.14. The van der Waals surface area contributed by atoms with E-state index in [0.717, 1.165) is 24.0 Å². The Morgan fingerprint density at radius 2 is 1.76 bits per heavy atom. The van der Waals surface area contributed by atoms with Crippen LogP contribution < -0.4 is 0 Å². The highest BCUT2D eigenvalue weighted by Gasteiger charge is 2.37. The minimum atomic E-state index is 0.0133. The highest BCUT2D eigenvalue weighted by molar-refractivity contribution is 5.53. The van der Waals surface area contributed by atoms with Crippen LogP contribution in [0.25, 0.3) is 0 Å². The number of phenolic OH excluding ortho intramolecular Hbond substituents is 2. The Morgan fingerprint density at radius 1 is 1.10 bits per heavy atom. The third-order valence-corrected chi connectivity index (χ3v) is 7.53. The molecule has 2 atom stereocenters. The van der Waals surface area contributed by atoms with E-state index in [1.54, 1.807) is 0 Å². The van der Waals surface area contributed by atoms with Gasteiger partial charge in [0.1, 0.15) is 11.5 Å². The molecule has 0 aromatic heterocycles. The van der Waals surface area contributed by atoms with Gasteiger partial charge in [0.05, 0.1) is 0 Å². The molecular formula is C27H40O2. The molecule has 0 heterocycles. The van der Waals surface area contributed by atoms with Gasteiger partial charge in [-0.05, 0) is 75.0 Å². The van der Waals surface area contributed by atoms with Crippen LogP contribution in [-0.2, 0) is 5.41 Å². The molecule has 0 aliphatic heterocycles. The average molecular weight is 397 g/mol. The van der Waals surface area contributed by atoms with Gasteiger partial charge in [0, 0.05) is 11.5 Å². The summed E-state index contributed by atoms with van der Waals surface area (Å²) in [5.74, 6) is 0.819. The lowest BCUT2D eigenvalue weighted by Gasteiger charge is -2.34. The zero-order valence-corrected chi connectivity index (χ0v) is 18.8. The first-order chi connectivity index (χ1) is 13.9. The van der Waals surface area contributed by atoms with Gasteiger partial charge in [-0.3, -0.25) is 0 Å². The number of hydrogen-bond acceptors (Lipinski definition) is 2. The second-order valence-corrected chi connectivity index (χ2v) is 9.76. The molecule has 0 amide bonds. The largest absolute Gasteiger partial charge is 0.507 e. The minimum Gasteiger partial charge on any atom is -0.507 e. The van der Waals surface area contributed by atoms with Crippen molar-refractivity contribution < 1.29 is 10.2 Å². The van der Waals surface area contributed by atoms with E-state index in [1.807, 2.05) is 12.1 Å². The van der Waals surface area contributed by atoms with E-state index in [4.69, 9.17) is 0 Å². The summed E-state index contributed by atoms with van der Waals surface area (Å²) in [6.07, 6.45) is 15.4. The van der Waals surface area contributed by atoms with Crippen molar-refractivity contribution in [2.24, 2.45) is 5.92 Å². The summed E-state index contributed by atoms with van der Waals surface area (Å²) >= 11 is 0. The predicted octanol–water partition coefficient (Wildman–Crippen LogP) is 7.90. The first kappa shape index (κ1) is 22.0. The fraction of sp³-hybridized carbons (Fsp3) is 0.630. The van der Waals surface area contributed by atoms with Gasteiger partial charge in [0.15, 0.2) is 0 Å². The summed E-state index contributed by atoms with van der Waals surface area (Å²) in [5, 5.41) is 22.2. The second-order valence-electron chi connectivity index (χ2n) is 9.76. The number of hydrogen-bond donors (Lipinski definition) is 2. The molecule has 0 spiro atoms. The molecule has 1 unspecified atom stereocenters. The maximum atomic E-state index is 11.1. The minimum absolute atomic E-state index is 0.0133. The summed E-state index contributed by atoms with van der Waals surface area (Å²) in [4.78, 5) is 0. The van der Waals surface area contributed by atoms with Gasteiger partial charge in [0.2, 0.25) is 0 Å². The van der Waals surface area contributed by atoms with Crippen LogP contribution in [0.4, 0.5) is 0 Å². The molecule has 2 aliphatic carbocycles. The Hall–Kier alpha value is -1.70. The molecule has 3 rings (SSSR count). The Balaban J connectivity index is 1.94. The second kappa shape index (κ2) is 9.41. The Morgan fingerprint density at radius 3 is 2.34 bits per heavy atom. The number of aromatic hydroxyl groups is 2. The van der Waals surface area contributed by atoms with E-state index in [1.165, 1.54) is 63.4 Å². The first-order valence-electron chi connectivity index (χ1n) is 11.8. The topological polar surface area (TPSA) is 40.5 Å². The van der Waals surface area contributed by atoms with Crippen molar-refractivity contribution in [3.63, 3.8) is 0 Å². The molecule has 160 valence electrons. The van der Waals surface area contributed by atoms with Gasteiger partial charge < -0.3 is 10.2 Å². The van der Waals surface area contributed by atoms with E-state index < -0.39 is 0 Å². The van der Waals surface area contributed by atoms with E-state index in [-0.39, 0.29) is 28.7 Å². The summed E-state index contributed by atoms with van der Waals surface area (Å²) in [6.45, 7) is 10.7. The van der Waals surface area contributed by atoms with Crippen molar-refractivity contribution >= 4 is 0 Å². The average Bonchev–Trinajstić information content (AvgIpc) is 3.15. The zero-order chi connectivity index (χ0) is 21.0. The molecule has 2 aliphatic rings. The fourth-order valence-electron chi connectivity index (χ4n) is 5.80. The standard InChI is InChI=1S/C27H40O2/c1-5-6-7-8-13-27(14-9-10-15-27)21-17-24(28)26(25(29)18-21)23-16-20(4)11-12-22(23)19(2)3/h16-18,22-23,28-29H,2,5-15H2,1,3-4H3/t22-,23?/m0/s1. The van der Waals surface area contributed by atoms with Gasteiger partial charge in [0.25, 0.3) is 0 Å². The normalized spacial score (nSPS) is 23.8. The zero-order valence-electron chi connectivity index (χ0n) is 18.8. The van der Waals surface area contributed by atoms with Crippen LogP contribution in [0.3, 0.4) is 0 Å². The number of benzene rings is 1. The molecule has 0 radical (unpaired) electrons. The lowest BCUT2D eigenvalue weighted by molar-refractivity contribution is 0.371. The molecule has 29 heavy (non-hydrogen) atoms. The highest BCUT2D eigenvalue weighted by Crippen LogP contribution is 2.51. The van der Waals surface area contributed by atoms with Crippen LogP contribution in [0.2, 0.25) is 0 Å². The van der Waals surface area contributed by atoms with E-state index in [0.29, 0.717) is 5.56 Å². The highest BCUT2D eigenvalue weighted by atomic mass is 16.3. The lowest BCUT2D eigenvalue weighted by atomic mass is 9.71. The molecule has 1 aromatic rings. The predicted molar refractivity (Wildman–Crippen MR) is 123 cm³/mol. The third kappa shape index (κ3) is 4.73. The molecule has 1 saturated carbocycles. The maximum absolute atomic E-state index is 11.1. The van der Waals surface area contributed by atoms with Gasteiger partial charge in [-0.1, -0.05) is 69.2 Å². The summed E-state index contributed by atoms with van der Waals surface area (Å²) < 4.78 is 0. The Bertz CT molecular complexity index is 729. The molecule has 2 heteroatoms. The molecule has 1 fully saturated rings. The number of allylic oxidation sites excluding steroid dienone is 3. The van der Waals surface area contributed by atoms with Crippen LogP contribution in [-0.4, -0.2) is 10.2 Å². The third-order valence-electron chi connectivity index (χ3n) is 7.53. The van der Waals surface area contributed by atoms with Gasteiger partial charge in [-0.2, -0.15) is 0 Å². The van der Waals surface area contributed by atoms with Crippen LogP contribution in [0.5, 0.6) is 11.5 Å². The summed E-state index contributed by atoms with van der Waals surface area (Å²) in [7, 11) is 0. The van der Waals surface area contributed by atoms with Crippen molar-refractivity contribution in [3.05, 3.63) is 47.1 Å². The Labute approximate surface area is 177 Å². The van der Waals surface area contributed by atoms with Crippen LogP contribution >= 0.6 is 0 Å². The van der Waals surface area contributed by atoms with E-state index in [9.17, 15) is 10.2 Å². The van der Waals surface area contributed by atoms with Gasteiger partial charge >= 0.3 is 0 Å². The number of unbranched alkanes of at least 4 members (excludes halogenated alkanes) is 3. The molecule has 0 bridgehead atoms. The molecule has 2 N–H and O–H groups in total. The molecule has 2 nitrogen and oxygen atoms in total.